The van der Waals surface area contributed by atoms with Crippen LogP contribution < -0.4 is 10.1 Å². The van der Waals surface area contributed by atoms with E-state index in [1.165, 1.54) is 0 Å². The Morgan fingerprint density at radius 2 is 1.67 bits per heavy atom. The summed E-state index contributed by atoms with van der Waals surface area (Å²) in [4.78, 5) is 28.8. The minimum atomic E-state index is -0.724. The van der Waals surface area contributed by atoms with Crippen molar-refractivity contribution < 1.29 is 14.3 Å². The van der Waals surface area contributed by atoms with Gasteiger partial charge in [0.25, 0.3) is 5.91 Å². The number of nitrogens with one attached hydrogen (secondary N) is 1. The molecule has 0 bridgehead atoms. The number of hydrogen-bond acceptors (Lipinski definition) is 3. The second-order valence-corrected chi connectivity index (χ2v) is 11.1. The molecule has 36 heavy (non-hydrogen) atoms. The van der Waals surface area contributed by atoms with Crippen LogP contribution in [0.3, 0.4) is 0 Å². The SMILES string of the molecule is Cc1ccc(CN(C(=O)COc2ccc(Cl)cc2Br)[C@H](Cc2ccccc2)C(=O)NC(C)(C)C)cc1. The summed E-state index contributed by atoms with van der Waals surface area (Å²) in [5.74, 6) is 0.00342. The molecule has 5 nitrogen and oxygen atoms in total. The van der Waals surface area contributed by atoms with Gasteiger partial charge in [0.05, 0.1) is 4.47 Å². The third kappa shape index (κ3) is 8.38. The summed E-state index contributed by atoms with van der Waals surface area (Å²) >= 11 is 9.46. The third-order valence-corrected chi connectivity index (χ3v) is 6.34. The van der Waals surface area contributed by atoms with E-state index in [0.717, 1.165) is 16.7 Å². The Balaban J connectivity index is 1.93. The predicted octanol–water partition coefficient (Wildman–Crippen LogP) is 6.34. The van der Waals surface area contributed by atoms with Crippen LogP contribution in [0.5, 0.6) is 5.75 Å². The van der Waals surface area contributed by atoms with E-state index in [2.05, 4.69) is 21.2 Å². The van der Waals surface area contributed by atoms with Crippen LogP contribution >= 0.6 is 27.5 Å². The van der Waals surface area contributed by atoms with Gasteiger partial charge in [-0.2, -0.15) is 0 Å². The average Bonchev–Trinajstić information content (AvgIpc) is 2.81. The van der Waals surface area contributed by atoms with Crippen molar-refractivity contribution >= 4 is 39.3 Å². The highest BCUT2D eigenvalue weighted by Gasteiger charge is 2.32. The molecule has 7 heteroatoms. The number of amides is 2. The van der Waals surface area contributed by atoms with E-state index in [4.69, 9.17) is 16.3 Å². The maximum atomic E-state index is 13.6. The number of carbonyl (C=O) groups excluding carboxylic acids is 2. The fourth-order valence-corrected chi connectivity index (χ4v) is 4.51. The smallest absolute Gasteiger partial charge is 0.261 e. The lowest BCUT2D eigenvalue weighted by Gasteiger charge is -2.33. The van der Waals surface area contributed by atoms with Crippen LogP contribution in [0, 0.1) is 6.92 Å². The van der Waals surface area contributed by atoms with E-state index in [-0.39, 0.29) is 25.0 Å². The molecule has 0 aliphatic heterocycles. The van der Waals surface area contributed by atoms with Crippen molar-refractivity contribution in [3.05, 3.63) is 99.0 Å². The number of benzene rings is 3. The number of ether oxygens (including phenoxy) is 1. The molecule has 3 aromatic rings. The van der Waals surface area contributed by atoms with Gasteiger partial charge in [0.2, 0.25) is 5.91 Å². The summed E-state index contributed by atoms with van der Waals surface area (Å²) in [5, 5.41) is 3.62. The summed E-state index contributed by atoms with van der Waals surface area (Å²) in [6, 6.07) is 22.1. The highest BCUT2D eigenvalue weighted by atomic mass is 79.9. The van der Waals surface area contributed by atoms with Crippen molar-refractivity contribution in [1.29, 1.82) is 0 Å². The third-order valence-electron chi connectivity index (χ3n) is 5.49. The number of carbonyl (C=O) groups is 2. The summed E-state index contributed by atoms with van der Waals surface area (Å²) in [5.41, 5.74) is 2.58. The first-order chi connectivity index (χ1) is 17.0. The van der Waals surface area contributed by atoms with Gasteiger partial charge in [-0.15, -0.1) is 0 Å². The predicted molar refractivity (Wildman–Crippen MR) is 148 cm³/mol. The molecular formula is C29H32BrClN2O3. The highest BCUT2D eigenvalue weighted by Crippen LogP contribution is 2.28. The van der Waals surface area contributed by atoms with Crippen molar-refractivity contribution in [2.45, 2.75) is 52.2 Å². The molecule has 3 rings (SSSR count). The number of rotatable bonds is 9. The molecule has 0 aliphatic rings. The first kappa shape index (κ1) is 27.8. The van der Waals surface area contributed by atoms with Crippen molar-refractivity contribution in [3.63, 3.8) is 0 Å². The van der Waals surface area contributed by atoms with Crippen molar-refractivity contribution in [2.75, 3.05) is 6.61 Å². The van der Waals surface area contributed by atoms with E-state index in [0.29, 0.717) is 21.7 Å². The van der Waals surface area contributed by atoms with Gasteiger partial charge in [-0.05, 0) is 73.0 Å². The minimum Gasteiger partial charge on any atom is -0.483 e. The summed E-state index contributed by atoms with van der Waals surface area (Å²) in [7, 11) is 0. The quantitative estimate of drug-likeness (QED) is 0.326. The van der Waals surface area contributed by atoms with Crippen LogP contribution in [0.1, 0.15) is 37.5 Å². The van der Waals surface area contributed by atoms with Gasteiger partial charge >= 0.3 is 0 Å². The van der Waals surface area contributed by atoms with Crippen LogP contribution in [0.15, 0.2) is 77.3 Å². The number of aryl methyl sites for hydroxylation is 1. The van der Waals surface area contributed by atoms with Crippen LogP contribution in [0.2, 0.25) is 5.02 Å². The molecule has 3 aromatic carbocycles. The zero-order valence-electron chi connectivity index (χ0n) is 21.1. The maximum absolute atomic E-state index is 13.6. The average molecular weight is 572 g/mol. The lowest BCUT2D eigenvalue weighted by molar-refractivity contribution is -0.143. The molecule has 0 aromatic heterocycles. The first-order valence-electron chi connectivity index (χ1n) is 11.8. The fraction of sp³-hybridized carbons (Fsp3) is 0.310. The van der Waals surface area contributed by atoms with Gasteiger partial charge < -0.3 is 15.0 Å². The Hall–Kier alpha value is -2.83. The minimum absolute atomic E-state index is 0.209. The summed E-state index contributed by atoms with van der Waals surface area (Å²) < 4.78 is 6.50. The molecule has 0 spiro atoms. The van der Waals surface area contributed by atoms with Gasteiger partial charge in [0.1, 0.15) is 11.8 Å². The summed E-state index contributed by atoms with van der Waals surface area (Å²) in [6.07, 6.45) is 0.380. The van der Waals surface area contributed by atoms with Crippen LogP contribution in [-0.2, 0) is 22.6 Å². The largest absolute Gasteiger partial charge is 0.483 e. The van der Waals surface area contributed by atoms with E-state index < -0.39 is 11.6 Å². The lowest BCUT2D eigenvalue weighted by Crippen LogP contribution is -2.55. The molecule has 0 fully saturated rings. The van der Waals surface area contributed by atoms with Gasteiger partial charge in [0, 0.05) is 23.5 Å². The molecular weight excluding hydrogens is 540 g/mol. The Morgan fingerprint density at radius 1 is 1.00 bits per heavy atom. The van der Waals surface area contributed by atoms with Crippen LogP contribution in [0.25, 0.3) is 0 Å². The van der Waals surface area contributed by atoms with Gasteiger partial charge in [0.15, 0.2) is 6.61 Å². The molecule has 0 aliphatic carbocycles. The Labute approximate surface area is 226 Å². The van der Waals surface area contributed by atoms with E-state index in [1.807, 2.05) is 82.3 Å². The number of nitrogens with zero attached hydrogens (tertiary/aromatic N) is 1. The highest BCUT2D eigenvalue weighted by molar-refractivity contribution is 9.10. The second kappa shape index (κ2) is 12.4. The van der Waals surface area contributed by atoms with Crippen LogP contribution in [-0.4, -0.2) is 34.9 Å². The molecule has 2 amide bonds. The molecule has 0 saturated heterocycles. The number of halogens is 2. The fourth-order valence-electron chi connectivity index (χ4n) is 3.71. The van der Waals surface area contributed by atoms with Crippen molar-refractivity contribution in [2.24, 2.45) is 0 Å². The summed E-state index contributed by atoms with van der Waals surface area (Å²) in [6.45, 7) is 7.85. The van der Waals surface area contributed by atoms with Gasteiger partial charge in [-0.1, -0.05) is 71.8 Å². The van der Waals surface area contributed by atoms with Crippen molar-refractivity contribution in [3.8, 4) is 5.75 Å². The maximum Gasteiger partial charge on any atom is 0.261 e. The Bertz CT molecular complexity index is 1180. The molecule has 1 N–H and O–H groups in total. The van der Waals surface area contributed by atoms with Gasteiger partial charge in [-0.3, -0.25) is 9.59 Å². The van der Waals surface area contributed by atoms with Crippen LogP contribution in [0.4, 0.5) is 0 Å². The zero-order valence-corrected chi connectivity index (χ0v) is 23.4. The second-order valence-electron chi connectivity index (χ2n) is 9.82. The monoisotopic (exact) mass is 570 g/mol. The molecule has 190 valence electrons. The molecule has 0 heterocycles. The normalized spacial score (nSPS) is 12.1. The Morgan fingerprint density at radius 3 is 2.28 bits per heavy atom. The first-order valence-corrected chi connectivity index (χ1v) is 13.0. The zero-order chi connectivity index (χ0) is 26.3. The molecule has 0 unspecified atom stereocenters. The number of hydrogen-bond donors (Lipinski definition) is 1. The van der Waals surface area contributed by atoms with E-state index >= 15 is 0 Å². The molecule has 1 atom stereocenters. The molecule has 0 radical (unpaired) electrons. The van der Waals surface area contributed by atoms with Gasteiger partial charge in [-0.25, -0.2) is 0 Å². The van der Waals surface area contributed by atoms with E-state index in [9.17, 15) is 9.59 Å². The topological polar surface area (TPSA) is 58.6 Å². The van der Waals surface area contributed by atoms with E-state index in [1.54, 1.807) is 23.1 Å². The molecule has 0 saturated carbocycles. The lowest BCUT2D eigenvalue weighted by atomic mass is 10.0. The Kier molecular flexibility index (Phi) is 9.57. The standard InChI is InChI=1S/C29H32BrClN2O3/c1-20-10-12-22(13-11-20)18-33(27(34)19-36-26-15-14-23(31)17-24(26)30)25(28(35)32-29(2,3)4)16-21-8-6-5-7-9-21/h5-15,17,25H,16,18-19H2,1-4H3,(H,32,35)/t25-/m1/s1. The van der Waals surface area contributed by atoms with Crippen molar-refractivity contribution in [1.82, 2.24) is 10.2 Å².